The van der Waals surface area contributed by atoms with Crippen LogP contribution in [0.3, 0.4) is 0 Å². The Bertz CT molecular complexity index is 430. The van der Waals surface area contributed by atoms with Crippen molar-refractivity contribution in [3.63, 3.8) is 0 Å². The first-order valence-electron chi connectivity index (χ1n) is 5.67. The molecule has 0 bridgehead atoms. The number of aliphatic hydroxyl groups excluding tert-OH is 6. The zero-order valence-electron chi connectivity index (χ0n) is 10.3. The second kappa shape index (κ2) is 6.99. The lowest BCUT2D eigenvalue weighted by molar-refractivity contribution is -0.112. The highest BCUT2D eigenvalue weighted by molar-refractivity contribution is 7.12. The van der Waals surface area contributed by atoms with Crippen molar-refractivity contribution in [3.05, 3.63) is 27.6 Å². The van der Waals surface area contributed by atoms with Gasteiger partial charge in [-0.15, -0.1) is 11.3 Å². The van der Waals surface area contributed by atoms with Gasteiger partial charge in [0, 0.05) is 9.75 Å². The van der Waals surface area contributed by atoms with Crippen LogP contribution in [0.1, 0.15) is 9.75 Å². The van der Waals surface area contributed by atoms with E-state index < -0.39 is 36.8 Å². The van der Waals surface area contributed by atoms with Crippen LogP contribution in [0.15, 0.2) is 17.9 Å². The van der Waals surface area contributed by atoms with Crippen LogP contribution >= 0.6 is 11.3 Å². The summed E-state index contributed by atoms with van der Waals surface area (Å²) in [6.45, 7) is 1.12. The largest absolute Gasteiger partial charge is 0.509 e. The number of hydrogen-bond donors (Lipinski definition) is 6. The summed E-state index contributed by atoms with van der Waals surface area (Å²) in [5.74, 6) is -0.529. The van der Waals surface area contributed by atoms with Gasteiger partial charge in [-0.2, -0.15) is 0 Å². The fourth-order valence-electron chi connectivity index (χ4n) is 1.46. The second-order valence-electron chi connectivity index (χ2n) is 4.19. The maximum Gasteiger partial charge on any atom is 0.139 e. The Labute approximate surface area is 114 Å². The van der Waals surface area contributed by atoms with Crippen molar-refractivity contribution in [1.29, 1.82) is 0 Å². The van der Waals surface area contributed by atoms with Crippen molar-refractivity contribution < 1.29 is 30.6 Å². The van der Waals surface area contributed by atoms with E-state index in [1.54, 1.807) is 6.07 Å². The normalized spacial score (nSPS) is 18.9. The summed E-state index contributed by atoms with van der Waals surface area (Å²) in [4.78, 5) is 1.70. The van der Waals surface area contributed by atoms with Crippen LogP contribution < -0.4 is 0 Å². The second-order valence-corrected chi connectivity index (χ2v) is 5.51. The molecule has 0 amide bonds. The molecule has 0 aliphatic carbocycles. The lowest BCUT2D eigenvalue weighted by Crippen LogP contribution is -2.46. The zero-order chi connectivity index (χ0) is 14.6. The van der Waals surface area contributed by atoms with Crippen LogP contribution in [0.5, 0.6) is 0 Å². The topological polar surface area (TPSA) is 121 Å². The first-order valence-corrected chi connectivity index (χ1v) is 6.48. The van der Waals surface area contributed by atoms with Crippen LogP contribution in [-0.2, 0) is 0 Å². The van der Waals surface area contributed by atoms with Gasteiger partial charge in [0.25, 0.3) is 0 Å². The van der Waals surface area contributed by atoms with Crippen LogP contribution in [0, 0.1) is 6.92 Å². The molecule has 1 rings (SSSR count). The van der Waals surface area contributed by atoms with Gasteiger partial charge in [0.1, 0.15) is 30.2 Å². The molecule has 0 saturated heterocycles. The summed E-state index contributed by atoms with van der Waals surface area (Å²) in [5.41, 5.74) is 0. The zero-order valence-corrected chi connectivity index (χ0v) is 11.2. The van der Waals surface area contributed by atoms with Crippen molar-refractivity contribution in [2.75, 3.05) is 6.61 Å². The number of rotatable bonds is 6. The molecule has 4 unspecified atom stereocenters. The monoisotopic (exact) mass is 290 g/mol. The van der Waals surface area contributed by atoms with E-state index in [2.05, 4.69) is 0 Å². The highest BCUT2D eigenvalue weighted by Crippen LogP contribution is 2.20. The Balaban J connectivity index is 2.75. The van der Waals surface area contributed by atoms with Crippen molar-refractivity contribution in [2.45, 2.75) is 31.3 Å². The summed E-state index contributed by atoms with van der Waals surface area (Å²) in [6, 6.07) is 3.56. The van der Waals surface area contributed by atoms with Gasteiger partial charge in [0.05, 0.1) is 6.61 Å². The minimum absolute atomic E-state index is 0.529. The lowest BCUT2D eigenvalue weighted by atomic mass is 10.0. The first kappa shape index (κ1) is 16.1. The SMILES string of the molecule is Cc1ccc(C=C(O)C(O)C(O)C(O)C(O)CO)s1. The van der Waals surface area contributed by atoms with E-state index in [4.69, 9.17) is 10.2 Å². The van der Waals surface area contributed by atoms with Crippen LogP contribution in [-0.4, -0.2) is 61.7 Å². The standard InChI is InChI=1S/C12H18O6S/c1-6-2-3-7(19-6)4-8(14)10(16)12(18)11(17)9(15)5-13/h2-4,9-18H,5H2,1H3. The number of aryl methyl sites for hydroxylation is 1. The highest BCUT2D eigenvalue weighted by Gasteiger charge is 2.32. The fraction of sp³-hybridized carbons (Fsp3) is 0.500. The van der Waals surface area contributed by atoms with Gasteiger partial charge in [0.2, 0.25) is 0 Å². The van der Waals surface area contributed by atoms with Crippen molar-refractivity contribution >= 4 is 17.4 Å². The molecule has 108 valence electrons. The van der Waals surface area contributed by atoms with Gasteiger partial charge in [0.15, 0.2) is 0 Å². The molecule has 0 aromatic carbocycles. The Hall–Kier alpha value is -0.960. The van der Waals surface area contributed by atoms with E-state index in [0.717, 1.165) is 4.88 Å². The third-order valence-electron chi connectivity index (χ3n) is 2.61. The Kier molecular flexibility index (Phi) is 5.92. The molecule has 0 fully saturated rings. The maximum atomic E-state index is 9.66. The molecule has 6 N–H and O–H groups in total. The van der Waals surface area contributed by atoms with Crippen molar-refractivity contribution in [1.82, 2.24) is 0 Å². The molecule has 0 spiro atoms. The molecular weight excluding hydrogens is 272 g/mol. The average Bonchev–Trinajstić information content (AvgIpc) is 2.80. The smallest absolute Gasteiger partial charge is 0.139 e. The molecule has 19 heavy (non-hydrogen) atoms. The van der Waals surface area contributed by atoms with E-state index in [0.29, 0.717) is 4.88 Å². The Morgan fingerprint density at radius 2 is 1.84 bits per heavy atom. The van der Waals surface area contributed by atoms with Crippen molar-refractivity contribution in [2.24, 2.45) is 0 Å². The molecule has 0 aliphatic heterocycles. The van der Waals surface area contributed by atoms with Crippen LogP contribution in [0.2, 0.25) is 0 Å². The van der Waals surface area contributed by atoms with Gasteiger partial charge in [-0.25, -0.2) is 0 Å². The molecule has 0 radical (unpaired) electrons. The third kappa shape index (κ3) is 4.27. The van der Waals surface area contributed by atoms with Gasteiger partial charge in [-0.3, -0.25) is 0 Å². The molecule has 0 aliphatic rings. The summed E-state index contributed by atoms with van der Waals surface area (Å²) in [5, 5.41) is 56.1. The number of aliphatic hydroxyl groups is 6. The van der Waals surface area contributed by atoms with E-state index in [1.165, 1.54) is 17.4 Å². The third-order valence-corrected chi connectivity index (χ3v) is 3.56. The molecule has 4 atom stereocenters. The number of thiophene rings is 1. The van der Waals surface area contributed by atoms with Gasteiger partial charge in [-0.1, -0.05) is 0 Å². The van der Waals surface area contributed by atoms with Gasteiger partial charge in [-0.05, 0) is 25.1 Å². The van der Waals surface area contributed by atoms with E-state index in [9.17, 15) is 20.4 Å². The maximum absolute atomic E-state index is 9.66. The molecule has 0 saturated carbocycles. The average molecular weight is 290 g/mol. The fourth-order valence-corrected chi connectivity index (χ4v) is 2.28. The summed E-state index contributed by atoms with van der Waals surface area (Å²) >= 11 is 1.38. The molecular formula is C12H18O6S. The Morgan fingerprint density at radius 1 is 1.21 bits per heavy atom. The highest BCUT2D eigenvalue weighted by atomic mass is 32.1. The molecule has 1 aromatic rings. The molecule has 7 heteroatoms. The summed E-state index contributed by atoms with van der Waals surface area (Å²) in [6.07, 6.45) is -5.65. The molecule has 6 nitrogen and oxygen atoms in total. The van der Waals surface area contributed by atoms with E-state index in [-0.39, 0.29) is 0 Å². The lowest BCUT2D eigenvalue weighted by Gasteiger charge is -2.25. The van der Waals surface area contributed by atoms with Crippen molar-refractivity contribution in [3.8, 4) is 0 Å². The molecule has 1 aromatic heterocycles. The van der Waals surface area contributed by atoms with Crippen LogP contribution in [0.4, 0.5) is 0 Å². The van der Waals surface area contributed by atoms with Gasteiger partial charge < -0.3 is 30.6 Å². The molecule has 1 heterocycles. The summed E-state index contributed by atoms with van der Waals surface area (Å²) in [7, 11) is 0. The quantitative estimate of drug-likeness (QED) is 0.389. The minimum atomic E-state index is -1.81. The predicted molar refractivity (Wildman–Crippen MR) is 70.8 cm³/mol. The first-order chi connectivity index (χ1) is 8.86. The summed E-state index contributed by atoms with van der Waals surface area (Å²) < 4.78 is 0. The number of hydrogen-bond acceptors (Lipinski definition) is 7. The van der Waals surface area contributed by atoms with E-state index in [1.807, 2.05) is 13.0 Å². The predicted octanol–water partition coefficient (Wildman–Crippen LogP) is -0.609. The van der Waals surface area contributed by atoms with Crippen LogP contribution in [0.25, 0.3) is 6.08 Å². The Morgan fingerprint density at radius 3 is 2.32 bits per heavy atom. The van der Waals surface area contributed by atoms with E-state index >= 15 is 0 Å². The van der Waals surface area contributed by atoms with Gasteiger partial charge >= 0.3 is 0 Å². The minimum Gasteiger partial charge on any atom is -0.509 e.